The van der Waals surface area contributed by atoms with Crippen LogP contribution in [-0.4, -0.2) is 53.6 Å². The standard InChI is InChI=1S/C25H28N4O3S2/c30-24(29-21(22-5-1-13-32-22)16-20(27-29)23-6-3-15-34-23)17-28-11-8-18(9-12-28)25(31)26-10-7-19-4-2-14-33-19/h1-6,13-15,18,21H,7-12,16-17H2,(H,26,31). The van der Waals surface area contributed by atoms with Crippen LogP contribution in [0.1, 0.15) is 40.8 Å². The number of nitrogens with zero attached hydrogens (tertiary/aromatic N) is 3. The van der Waals surface area contributed by atoms with Gasteiger partial charge >= 0.3 is 0 Å². The fourth-order valence-electron chi connectivity index (χ4n) is 4.56. The van der Waals surface area contributed by atoms with Crippen LogP contribution >= 0.6 is 22.7 Å². The number of likely N-dealkylation sites (tertiary alicyclic amines) is 1. The molecule has 0 saturated carbocycles. The summed E-state index contributed by atoms with van der Waals surface area (Å²) in [5.74, 6) is 0.860. The second-order valence-corrected chi connectivity index (χ2v) is 10.6. The molecule has 2 aliphatic heterocycles. The van der Waals surface area contributed by atoms with Gasteiger partial charge < -0.3 is 9.73 Å². The Morgan fingerprint density at radius 2 is 1.91 bits per heavy atom. The first-order chi connectivity index (χ1) is 16.7. The number of amides is 2. The minimum Gasteiger partial charge on any atom is -0.467 e. The molecule has 0 radical (unpaired) electrons. The van der Waals surface area contributed by atoms with Gasteiger partial charge in [0, 0.05) is 23.8 Å². The van der Waals surface area contributed by atoms with Crippen LogP contribution in [0.15, 0.2) is 62.9 Å². The van der Waals surface area contributed by atoms with Crippen LogP contribution < -0.4 is 5.32 Å². The number of hydrogen-bond acceptors (Lipinski definition) is 7. The highest BCUT2D eigenvalue weighted by Gasteiger charge is 2.36. The van der Waals surface area contributed by atoms with E-state index < -0.39 is 0 Å². The van der Waals surface area contributed by atoms with Crippen molar-refractivity contribution in [3.63, 3.8) is 0 Å². The molecule has 1 saturated heterocycles. The molecule has 5 heterocycles. The van der Waals surface area contributed by atoms with Gasteiger partial charge in [-0.3, -0.25) is 14.5 Å². The molecule has 178 valence electrons. The van der Waals surface area contributed by atoms with Crippen molar-refractivity contribution in [3.05, 3.63) is 68.9 Å². The highest BCUT2D eigenvalue weighted by Crippen LogP contribution is 2.34. The predicted octanol–water partition coefficient (Wildman–Crippen LogP) is 4.15. The van der Waals surface area contributed by atoms with Gasteiger partial charge in [-0.25, -0.2) is 5.01 Å². The number of carbonyl (C=O) groups is 2. The molecule has 5 rings (SSSR count). The summed E-state index contributed by atoms with van der Waals surface area (Å²) in [4.78, 5) is 30.3. The largest absolute Gasteiger partial charge is 0.467 e. The molecule has 1 fully saturated rings. The number of rotatable bonds is 8. The number of nitrogens with one attached hydrogen (secondary N) is 1. The van der Waals surface area contributed by atoms with Crippen molar-refractivity contribution in [2.24, 2.45) is 11.0 Å². The normalized spacial score (nSPS) is 19.4. The van der Waals surface area contributed by atoms with Crippen LogP contribution in [0.25, 0.3) is 0 Å². The molecule has 0 aromatic carbocycles. The van der Waals surface area contributed by atoms with Crippen molar-refractivity contribution in [1.82, 2.24) is 15.2 Å². The van der Waals surface area contributed by atoms with Gasteiger partial charge in [0.15, 0.2) is 0 Å². The van der Waals surface area contributed by atoms with E-state index in [1.54, 1.807) is 33.9 Å². The van der Waals surface area contributed by atoms with E-state index >= 15 is 0 Å². The molecule has 34 heavy (non-hydrogen) atoms. The van der Waals surface area contributed by atoms with E-state index in [-0.39, 0.29) is 23.8 Å². The van der Waals surface area contributed by atoms with E-state index in [0.29, 0.717) is 19.5 Å². The number of hydrazone groups is 1. The molecular formula is C25H28N4O3S2. The zero-order chi connectivity index (χ0) is 23.3. The minimum absolute atomic E-state index is 0.0146. The molecule has 1 atom stereocenters. The second kappa shape index (κ2) is 10.7. The lowest BCUT2D eigenvalue weighted by Crippen LogP contribution is -2.44. The summed E-state index contributed by atoms with van der Waals surface area (Å²) < 4.78 is 5.63. The Morgan fingerprint density at radius 1 is 1.09 bits per heavy atom. The molecule has 1 unspecified atom stereocenters. The fraction of sp³-hybridized carbons (Fsp3) is 0.400. The van der Waals surface area contributed by atoms with Gasteiger partial charge in [-0.2, -0.15) is 5.10 Å². The Morgan fingerprint density at radius 3 is 2.62 bits per heavy atom. The summed E-state index contributed by atoms with van der Waals surface area (Å²) in [6.07, 6.45) is 4.69. The van der Waals surface area contributed by atoms with E-state index in [4.69, 9.17) is 9.52 Å². The molecule has 3 aromatic heterocycles. The van der Waals surface area contributed by atoms with E-state index in [1.165, 1.54) is 4.88 Å². The SMILES string of the molecule is O=C(NCCc1cccs1)C1CCN(CC(=O)N2N=C(c3cccs3)CC2c2ccco2)CC1. The summed E-state index contributed by atoms with van der Waals surface area (Å²) in [7, 11) is 0. The van der Waals surface area contributed by atoms with Gasteiger partial charge in [0.2, 0.25) is 5.91 Å². The lowest BCUT2D eigenvalue weighted by Gasteiger charge is -2.32. The van der Waals surface area contributed by atoms with E-state index in [0.717, 1.165) is 48.7 Å². The summed E-state index contributed by atoms with van der Waals surface area (Å²) in [5, 5.41) is 13.4. The Kier molecular flexibility index (Phi) is 7.22. The van der Waals surface area contributed by atoms with Crippen molar-refractivity contribution in [2.45, 2.75) is 31.7 Å². The van der Waals surface area contributed by atoms with Crippen molar-refractivity contribution < 1.29 is 14.0 Å². The van der Waals surface area contributed by atoms with E-state index in [9.17, 15) is 9.59 Å². The fourth-order valence-corrected chi connectivity index (χ4v) is 5.99. The van der Waals surface area contributed by atoms with Gasteiger partial charge in [0.1, 0.15) is 11.8 Å². The third-order valence-electron chi connectivity index (χ3n) is 6.41. The van der Waals surface area contributed by atoms with Crippen LogP contribution in [0, 0.1) is 5.92 Å². The third kappa shape index (κ3) is 5.32. The first-order valence-corrected chi connectivity index (χ1v) is 13.4. The highest BCUT2D eigenvalue weighted by molar-refractivity contribution is 7.12. The molecule has 1 N–H and O–H groups in total. The summed E-state index contributed by atoms with van der Waals surface area (Å²) in [6.45, 7) is 2.43. The maximum Gasteiger partial charge on any atom is 0.257 e. The zero-order valence-corrected chi connectivity index (χ0v) is 20.5. The predicted molar refractivity (Wildman–Crippen MR) is 134 cm³/mol. The Bertz CT molecular complexity index is 1100. The summed E-state index contributed by atoms with van der Waals surface area (Å²) >= 11 is 3.35. The second-order valence-electron chi connectivity index (χ2n) is 8.67. The Balaban J connectivity index is 1.14. The quantitative estimate of drug-likeness (QED) is 0.508. The first kappa shape index (κ1) is 23.0. The molecule has 2 aliphatic rings. The van der Waals surface area contributed by atoms with Gasteiger partial charge in [0.05, 0.1) is 23.4 Å². The lowest BCUT2D eigenvalue weighted by molar-refractivity contribution is -0.135. The number of furan rings is 1. The van der Waals surface area contributed by atoms with Gasteiger partial charge in [-0.15, -0.1) is 22.7 Å². The molecule has 0 spiro atoms. The monoisotopic (exact) mass is 496 g/mol. The van der Waals surface area contributed by atoms with Crippen LogP contribution in [0.2, 0.25) is 0 Å². The first-order valence-electron chi connectivity index (χ1n) is 11.7. The lowest BCUT2D eigenvalue weighted by atomic mass is 9.96. The van der Waals surface area contributed by atoms with Crippen molar-refractivity contribution >= 4 is 40.2 Å². The number of thiophene rings is 2. The van der Waals surface area contributed by atoms with E-state index in [1.807, 2.05) is 35.7 Å². The van der Waals surface area contributed by atoms with Gasteiger partial charge in [-0.1, -0.05) is 12.1 Å². The average Bonchev–Trinajstić information content (AvgIpc) is 3.65. The van der Waals surface area contributed by atoms with Crippen LogP contribution in [0.5, 0.6) is 0 Å². The van der Waals surface area contributed by atoms with Crippen LogP contribution in [-0.2, 0) is 16.0 Å². The molecule has 0 bridgehead atoms. The zero-order valence-electron chi connectivity index (χ0n) is 18.9. The van der Waals surface area contributed by atoms with Crippen molar-refractivity contribution in [2.75, 3.05) is 26.2 Å². The number of hydrogen-bond donors (Lipinski definition) is 1. The maximum absolute atomic E-state index is 13.3. The molecular weight excluding hydrogens is 468 g/mol. The minimum atomic E-state index is -0.216. The molecule has 0 aliphatic carbocycles. The molecule has 7 nitrogen and oxygen atoms in total. The third-order valence-corrected chi connectivity index (χ3v) is 8.27. The van der Waals surface area contributed by atoms with Crippen molar-refractivity contribution in [1.29, 1.82) is 0 Å². The number of piperidine rings is 1. The van der Waals surface area contributed by atoms with Crippen LogP contribution in [0.4, 0.5) is 0 Å². The van der Waals surface area contributed by atoms with Crippen molar-refractivity contribution in [3.8, 4) is 0 Å². The maximum atomic E-state index is 13.3. The molecule has 2 amide bonds. The van der Waals surface area contributed by atoms with Gasteiger partial charge in [-0.05, 0) is 67.4 Å². The highest BCUT2D eigenvalue weighted by atomic mass is 32.1. The summed E-state index contributed by atoms with van der Waals surface area (Å²) in [5.41, 5.74) is 0.919. The molecule has 9 heteroatoms. The Hall–Kier alpha value is -2.75. The van der Waals surface area contributed by atoms with Gasteiger partial charge in [0.25, 0.3) is 5.91 Å². The van der Waals surface area contributed by atoms with Crippen LogP contribution in [0.3, 0.4) is 0 Å². The topological polar surface area (TPSA) is 78.2 Å². The average molecular weight is 497 g/mol. The number of carbonyl (C=O) groups excluding carboxylic acids is 2. The smallest absolute Gasteiger partial charge is 0.257 e. The van der Waals surface area contributed by atoms with E-state index in [2.05, 4.69) is 21.7 Å². The molecule has 3 aromatic rings. The Labute approximate surface area is 207 Å². The summed E-state index contributed by atoms with van der Waals surface area (Å²) in [6, 6.07) is 11.7.